The first-order valence-electron chi connectivity index (χ1n) is 8.24. The van der Waals surface area contributed by atoms with E-state index in [9.17, 15) is 18.0 Å². The van der Waals surface area contributed by atoms with Gasteiger partial charge < -0.3 is 10.6 Å². The summed E-state index contributed by atoms with van der Waals surface area (Å²) in [7, 11) is -1.19. The minimum absolute atomic E-state index is 0.0401. The molecular formula is C16H19N5O5S2. The van der Waals surface area contributed by atoms with E-state index in [0.717, 1.165) is 4.47 Å². The molecule has 0 aliphatic carbocycles. The van der Waals surface area contributed by atoms with Crippen molar-refractivity contribution in [2.45, 2.75) is 11.3 Å². The van der Waals surface area contributed by atoms with Gasteiger partial charge in [-0.3, -0.25) is 14.5 Å². The van der Waals surface area contributed by atoms with Gasteiger partial charge in [0.2, 0.25) is 5.91 Å². The van der Waals surface area contributed by atoms with Gasteiger partial charge in [0, 0.05) is 31.2 Å². The van der Waals surface area contributed by atoms with Crippen LogP contribution in [0, 0.1) is 0 Å². The van der Waals surface area contributed by atoms with E-state index in [-0.39, 0.29) is 23.3 Å². The van der Waals surface area contributed by atoms with Gasteiger partial charge in [-0.2, -0.15) is 0 Å². The quantitative estimate of drug-likeness (QED) is 0.640. The fourth-order valence-electron chi connectivity index (χ4n) is 2.48. The van der Waals surface area contributed by atoms with E-state index >= 15 is 0 Å². The predicted octanol–water partition coefficient (Wildman–Crippen LogP) is 1.04. The number of benzene rings is 1. The molecule has 1 aliphatic heterocycles. The van der Waals surface area contributed by atoms with E-state index in [1.165, 1.54) is 54.7 Å². The minimum atomic E-state index is -3.74. The summed E-state index contributed by atoms with van der Waals surface area (Å²) in [6, 6.07) is 5.56. The van der Waals surface area contributed by atoms with E-state index in [0.29, 0.717) is 29.6 Å². The molecule has 1 aromatic carbocycles. The molecule has 3 rings (SSSR count). The van der Waals surface area contributed by atoms with Crippen molar-refractivity contribution in [1.82, 2.24) is 14.8 Å². The Morgan fingerprint density at radius 3 is 2.71 bits per heavy atom. The number of thiazole rings is 1. The van der Waals surface area contributed by atoms with E-state index in [1.807, 2.05) is 0 Å². The lowest BCUT2D eigenvalue weighted by Gasteiger charge is -2.14. The minimum Gasteiger partial charge on any atom is -0.336 e. The molecule has 2 N–H and O–H groups in total. The molecule has 0 unspecified atom stereocenters. The topological polar surface area (TPSA) is 121 Å². The number of anilines is 2. The van der Waals surface area contributed by atoms with Gasteiger partial charge in [-0.25, -0.2) is 18.2 Å². The molecular weight excluding hydrogens is 406 g/mol. The smallest absolute Gasteiger partial charge is 0.323 e. The van der Waals surface area contributed by atoms with Crippen LogP contribution in [0.15, 0.2) is 34.5 Å². The number of carbonyl (C=O) groups excluding carboxylic acids is 2. The molecule has 0 spiro atoms. The number of hydroxylamine groups is 1. The summed E-state index contributed by atoms with van der Waals surface area (Å²) in [6.07, 6.45) is 0.0401. The zero-order valence-corrected chi connectivity index (χ0v) is 16.8. The Balaban J connectivity index is 1.61. The van der Waals surface area contributed by atoms with Crippen LogP contribution in [0.1, 0.15) is 5.69 Å². The molecule has 150 valence electrons. The first kappa shape index (κ1) is 20.2. The van der Waals surface area contributed by atoms with Gasteiger partial charge >= 0.3 is 6.03 Å². The number of hydrogen-bond donors (Lipinski definition) is 2. The van der Waals surface area contributed by atoms with Crippen molar-refractivity contribution in [3.05, 3.63) is 35.3 Å². The Morgan fingerprint density at radius 2 is 2.11 bits per heavy atom. The first-order valence-corrected chi connectivity index (χ1v) is 10.6. The number of nitrogens with one attached hydrogen (secondary N) is 2. The highest BCUT2D eigenvalue weighted by Crippen LogP contribution is 2.23. The molecule has 1 aromatic heterocycles. The molecule has 12 heteroatoms. The summed E-state index contributed by atoms with van der Waals surface area (Å²) < 4.78 is 25.0. The molecule has 1 saturated heterocycles. The molecule has 0 radical (unpaired) electrons. The molecule has 1 aliphatic rings. The fourth-order valence-corrected chi connectivity index (χ4v) is 4.30. The van der Waals surface area contributed by atoms with Crippen LogP contribution < -0.4 is 15.5 Å². The van der Waals surface area contributed by atoms with Crippen LogP contribution >= 0.6 is 11.3 Å². The van der Waals surface area contributed by atoms with Crippen LogP contribution in [0.3, 0.4) is 0 Å². The van der Waals surface area contributed by atoms with Crippen molar-refractivity contribution >= 4 is 44.1 Å². The normalized spacial score (nSPS) is 14.4. The Hall–Kier alpha value is -2.54. The Bertz CT molecular complexity index is 974. The fraction of sp³-hybridized carbons (Fsp3) is 0.312. The standard InChI is InChI=1S/C16H19N5O5S2/c1-20(26-2)28(24,25)13-5-3-11(4-6-13)18-14(22)9-12-10-27-16(19-12)21-8-7-17-15(21)23/h3-6,10H,7-9H2,1-2H3,(H,17,23)(H,18,22). The van der Waals surface area contributed by atoms with E-state index in [4.69, 9.17) is 4.84 Å². The second-order valence-corrected chi connectivity index (χ2v) is 8.62. The molecule has 3 amide bonds. The van der Waals surface area contributed by atoms with Gasteiger partial charge in [0.05, 0.1) is 24.1 Å². The summed E-state index contributed by atoms with van der Waals surface area (Å²) >= 11 is 1.30. The molecule has 0 atom stereocenters. The molecule has 0 saturated carbocycles. The van der Waals surface area contributed by atoms with Gasteiger partial charge in [0.25, 0.3) is 10.0 Å². The number of sulfonamides is 1. The van der Waals surface area contributed by atoms with Crippen LogP contribution in [0.25, 0.3) is 0 Å². The lowest BCUT2D eigenvalue weighted by Crippen LogP contribution is -2.27. The van der Waals surface area contributed by atoms with Crippen molar-refractivity contribution < 1.29 is 22.8 Å². The highest BCUT2D eigenvalue weighted by Gasteiger charge is 2.24. The highest BCUT2D eigenvalue weighted by molar-refractivity contribution is 7.89. The van der Waals surface area contributed by atoms with Gasteiger partial charge in [-0.15, -0.1) is 11.3 Å². The van der Waals surface area contributed by atoms with Gasteiger partial charge in [0.15, 0.2) is 5.13 Å². The van der Waals surface area contributed by atoms with Crippen molar-refractivity contribution in [3.8, 4) is 0 Å². The van der Waals surface area contributed by atoms with Crippen molar-refractivity contribution in [2.24, 2.45) is 0 Å². The molecule has 0 bridgehead atoms. The summed E-state index contributed by atoms with van der Waals surface area (Å²) in [5.41, 5.74) is 1.01. The third-order valence-corrected chi connectivity index (χ3v) is 6.61. The molecule has 1 fully saturated rings. The number of aromatic nitrogens is 1. The third kappa shape index (κ3) is 4.30. The van der Waals surface area contributed by atoms with Gasteiger partial charge in [-0.1, -0.05) is 4.47 Å². The molecule has 2 heterocycles. The van der Waals surface area contributed by atoms with E-state index in [1.54, 1.807) is 5.38 Å². The van der Waals surface area contributed by atoms with Crippen LogP contribution in [-0.4, -0.2) is 57.1 Å². The van der Waals surface area contributed by atoms with Crippen LogP contribution in [0.5, 0.6) is 0 Å². The third-order valence-electron chi connectivity index (χ3n) is 4.00. The lowest BCUT2D eigenvalue weighted by molar-refractivity contribution is -0.115. The molecule has 2 aromatic rings. The van der Waals surface area contributed by atoms with Gasteiger partial charge in [-0.05, 0) is 24.3 Å². The summed E-state index contributed by atoms with van der Waals surface area (Å²) in [6.45, 7) is 1.12. The van der Waals surface area contributed by atoms with Crippen molar-refractivity contribution in [1.29, 1.82) is 0 Å². The Labute approximate surface area is 166 Å². The van der Waals surface area contributed by atoms with Gasteiger partial charge in [0.1, 0.15) is 0 Å². The summed E-state index contributed by atoms with van der Waals surface area (Å²) in [4.78, 5) is 34.5. The summed E-state index contributed by atoms with van der Waals surface area (Å²) in [5.74, 6) is -0.299. The zero-order valence-electron chi connectivity index (χ0n) is 15.2. The van der Waals surface area contributed by atoms with Crippen molar-refractivity contribution in [2.75, 3.05) is 37.5 Å². The monoisotopic (exact) mass is 425 g/mol. The molecule has 28 heavy (non-hydrogen) atoms. The Morgan fingerprint density at radius 1 is 1.39 bits per heavy atom. The number of rotatable bonds is 7. The maximum atomic E-state index is 12.2. The maximum absolute atomic E-state index is 12.2. The number of hydrogen-bond acceptors (Lipinski definition) is 7. The van der Waals surface area contributed by atoms with Crippen LogP contribution in [0.2, 0.25) is 0 Å². The largest absolute Gasteiger partial charge is 0.336 e. The summed E-state index contributed by atoms with van der Waals surface area (Å²) in [5, 5.41) is 7.67. The SMILES string of the molecule is CON(C)S(=O)(=O)c1ccc(NC(=O)Cc2csc(N3CCNC3=O)n2)cc1. The van der Waals surface area contributed by atoms with Crippen LogP contribution in [0.4, 0.5) is 15.6 Å². The first-order chi connectivity index (χ1) is 13.3. The second-order valence-electron chi connectivity index (χ2n) is 5.85. The highest BCUT2D eigenvalue weighted by atomic mass is 32.2. The van der Waals surface area contributed by atoms with E-state index < -0.39 is 10.0 Å². The zero-order chi connectivity index (χ0) is 20.3. The van der Waals surface area contributed by atoms with E-state index in [2.05, 4.69) is 15.6 Å². The van der Waals surface area contributed by atoms with Crippen LogP contribution in [-0.2, 0) is 26.1 Å². The maximum Gasteiger partial charge on any atom is 0.323 e. The average molecular weight is 425 g/mol. The molecule has 10 nitrogen and oxygen atoms in total. The van der Waals surface area contributed by atoms with Crippen molar-refractivity contribution in [3.63, 3.8) is 0 Å². The number of amides is 3. The average Bonchev–Trinajstić information content (AvgIpc) is 3.29. The Kier molecular flexibility index (Phi) is 5.93. The second kappa shape index (κ2) is 8.22. The lowest BCUT2D eigenvalue weighted by atomic mass is 10.3. The number of urea groups is 1. The number of carbonyl (C=O) groups is 2. The predicted molar refractivity (Wildman–Crippen MR) is 104 cm³/mol. The number of nitrogens with zero attached hydrogens (tertiary/aromatic N) is 3.